The molecule has 0 bridgehead atoms. The summed E-state index contributed by atoms with van der Waals surface area (Å²) in [6.45, 7) is 4.07. The molecule has 0 aliphatic heterocycles. The van der Waals surface area contributed by atoms with Crippen molar-refractivity contribution in [2.24, 2.45) is 5.92 Å². The summed E-state index contributed by atoms with van der Waals surface area (Å²) in [5.41, 5.74) is 0. The first-order valence-corrected chi connectivity index (χ1v) is 6.12. The van der Waals surface area contributed by atoms with E-state index in [1.807, 2.05) is 6.92 Å². The molecular formula is C8H17KO4P-. The van der Waals surface area contributed by atoms with Gasteiger partial charge in [-0.25, -0.2) is 0 Å². The molecular weight excluding hydrogens is 230 g/mol. The van der Waals surface area contributed by atoms with Crippen molar-refractivity contribution in [1.29, 1.82) is 0 Å². The molecule has 0 radical (unpaired) electrons. The van der Waals surface area contributed by atoms with Crippen LogP contribution in [0.3, 0.4) is 0 Å². The van der Waals surface area contributed by atoms with E-state index in [0.29, 0.717) is 0 Å². The Kier molecular flexibility index (Phi) is 12.9. The van der Waals surface area contributed by atoms with Crippen molar-refractivity contribution in [3.63, 3.8) is 0 Å². The zero-order chi connectivity index (χ0) is 10.3. The Hall–Kier alpha value is 1.75. The van der Waals surface area contributed by atoms with Crippen molar-refractivity contribution < 1.29 is 70.3 Å². The van der Waals surface area contributed by atoms with Gasteiger partial charge in [0.1, 0.15) is 0 Å². The van der Waals surface area contributed by atoms with E-state index in [0.717, 1.165) is 25.7 Å². The average molecular weight is 247 g/mol. The minimum Gasteiger partial charge on any atom is -0.790 e. The Morgan fingerprint density at radius 1 is 1.36 bits per heavy atom. The molecule has 0 aromatic carbocycles. The van der Waals surface area contributed by atoms with E-state index >= 15 is 0 Å². The minimum atomic E-state index is -4.76. The van der Waals surface area contributed by atoms with Crippen molar-refractivity contribution in [2.45, 2.75) is 39.5 Å². The molecule has 0 amide bonds. The molecule has 0 spiro atoms. The van der Waals surface area contributed by atoms with Gasteiger partial charge < -0.3 is 18.9 Å². The molecule has 1 atom stereocenters. The molecule has 4 nitrogen and oxygen atoms in total. The SMILES string of the molecule is CCCCC(CC)COP(=O)([O-])[O-].[K+]. The second kappa shape index (κ2) is 9.94. The number of phosphoric acid groups is 1. The number of rotatable bonds is 7. The molecule has 6 heteroatoms. The molecule has 0 rings (SSSR count). The van der Waals surface area contributed by atoms with E-state index in [9.17, 15) is 14.4 Å². The topological polar surface area (TPSA) is 72.4 Å². The molecule has 0 aliphatic carbocycles. The third kappa shape index (κ3) is 11.8. The summed E-state index contributed by atoms with van der Waals surface area (Å²) in [4.78, 5) is 20.4. The van der Waals surface area contributed by atoms with Gasteiger partial charge in [-0.05, 0) is 12.3 Å². The summed E-state index contributed by atoms with van der Waals surface area (Å²) >= 11 is 0. The van der Waals surface area contributed by atoms with Crippen LogP contribution in [0.25, 0.3) is 0 Å². The van der Waals surface area contributed by atoms with Crippen LogP contribution in [0.2, 0.25) is 0 Å². The quantitative estimate of drug-likeness (QED) is 0.387. The number of hydrogen-bond donors (Lipinski definition) is 0. The van der Waals surface area contributed by atoms with Crippen molar-refractivity contribution in [3.8, 4) is 0 Å². The van der Waals surface area contributed by atoms with Gasteiger partial charge in [-0.1, -0.05) is 33.1 Å². The summed E-state index contributed by atoms with van der Waals surface area (Å²) < 4.78 is 14.4. The molecule has 0 N–H and O–H groups in total. The Bertz CT molecular complexity index is 171. The average Bonchev–Trinajstić information content (AvgIpc) is 2.03. The summed E-state index contributed by atoms with van der Waals surface area (Å²) in [7, 11) is -4.76. The first-order valence-electron chi connectivity index (χ1n) is 4.66. The third-order valence-electron chi connectivity index (χ3n) is 2.01. The monoisotopic (exact) mass is 247 g/mol. The molecule has 0 aromatic rings. The van der Waals surface area contributed by atoms with Gasteiger partial charge in [-0.15, -0.1) is 0 Å². The molecule has 0 heterocycles. The smallest absolute Gasteiger partial charge is 0.790 e. The van der Waals surface area contributed by atoms with Crippen LogP contribution in [0.5, 0.6) is 0 Å². The van der Waals surface area contributed by atoms with Crippen LogP contribution in [0.15, 0.2) is 0 Å². The molecule has 14 heavy (non-hydrogen) atoms. The Morgan fingerprint density at radius 2 is 1.93 bits per heavy atom. The first kappa shape index (κ1) is 18.1. The van der Waals surface area contributed by atoms with Crippen LogP contribution in [-0.2, 0) is 9.09 Å². The maximum atomic E-state index is 10.2. The molecule has 0 fully saturated rings. The van der Waals surface area contributed by atoms with Crippen molar-refractivity contribution >= 4 is 7.82 Å². The van der Waals surface area contributed by atoms with Crippen LogP contribution >= 0.6 is 7.82 Å². The molecule has 0 saturated carbocycles. The van der Waals surface area contributed by atoms with Crippen molar-refractivity contribution in [1.82, 2.24) is 0 Å². The molecule has 0 aliphatic rings. The zero-order valence-corrected chi connectivity index (χ0v) is 13.2. The summed E-state index contributed by atoms with van der Waals surface area (Å²) in [6.07, 6.45) is 3.89. The van der Waals surface area contributed by atoms with Gasteiger partial charge >= 0.3 is 51.4 Å². The Labute approximate surface area is 128 Å². The van der Waals surface area contributed by atoms with Gasteiger partial charge in [0, 0.05) is 0 Å². The second-order valence-corrected chi connectivity index (χ2v) is 4.31. The van der Waals surface area contributed by atoms with E-state index in [2.05, 4.69) is 11.4 Å². The third-order valence-corrected chi connectivity index (χ3v) is 2.48. The van der Waals surface area contributed by atoms with Crippen LogP contribution < -0.4 is 61.2 Å². The van der Waals surface area contributed by atoms with E-state index in [1.54, 1.807) is 0 Å². The summed E-state index contributed by atoms with van der Waals surface area (Å²) in [5, 5.41) is 0. The Morgan fingerprint density at radius 3 is 2.29 bits per heavy atom. The van der Waals surface area contributed by atoms with Gasteiger partial charge in [0.15, 0.2) is 0 Å². The largest absolute Gasteiger partial charge is 1.00 e. The van der Waals surface area contributed by atoms with Crippen LogP contribution in [-0.4, -0.2) is 6.61 Å². The standard InChI is InChI=1S/C8H19O4P.K/c1-3-5-6-8(4-2)7-12-13(9,10)11;/h8H,3-7H2,1-2H3,(H2,9,10,11);/q;+1/p-2. The minimum absolute atomic E-state index is 0. The van der Waals surface area contributed by atoms with Gasteiger partial charge in [0.25, 0.3) is 0 Å². The summed E-state index contributed by atoms with van der Waals surface area (Å²) in [5.74, 6) is 0.191. The van der Waals surface area contributed by atoms with Crippen LogP contribution in [0, 0.1) is 5.92 Å². The maximum absolute atomic E-state index is 10.2. The fraction of sp³-hybridized carbons (Fsp3) is 1.00. The number of unbranched alkanes of at least 4 members (excludes halogenated alkanes) is 1. The maximum Gasteiger partial charge on any atom is 1.00 e. The molecule has 0 aromatic heterocycles. The Balaban J connectivity index is 0. The van der Waals surface area contributed by atoms with Gasteiger partial charge in [0.05, 0.1) is 14.4 Å². The van der Waals surface area contributed by atoms with Crippen molar-refractivity contribution in [3.05, 3.63) is 0 Å². The van der Waals surface area contributed by atoms with Crippen LogP contribution in [0.4, 0.5) is 0 Å². The predicted octanol–water partition coefficient (Wildman–Crippen LogP) is -1.95. The van der Waals surface area contributed by atoms with Gasteiger partial charge in [0.2, 0.25) is 0 Å². The van der Waals surface area contributed by atoms with E-state index in [-0.39, 0.29) is 63.9 Å². The van der Waals surface area contributed by atoms with Crippen molar-refractivity contribution in [2.75, 3.05) is 6.61 Å². The molecule has 80 valence electrons. The predicted molar refractivity (Wildman–Crippen MR) is 46.9 cm³/mol. The van der Waals surface area contributed by atoms with E-state index < -0.39 is 7.82 Å². The van der Waals surface area contributed by atoms with Gasteiger partial charge in [-0.2, -0.15) is 0 Å². The van der Waals surface area contributed by atoms with Gasteiger partial charge in [-0.3, -0.25) is 0 Å². The van der Waals surface area contributed by atoms with Crippen LogP contribution in [0.1, 0.15) is 39.5 Å². The zero-order valence-electron chi connectivity index (χ0n) is 9.19. The normalized spacial score (nSPS) is 13.4. The second-order valence-electron chi connectivity index (χ2n) is 3.16. The number of phosphoric ester groups is 1. The molecule has 1 unspecified atom stereocenters. The molecule has 0 saturated heterocycles. The summed E-state index contributed by atoms with van der Waals surface area (Å²) in [6, 6.07) is 0. The van der Waals surface area contributed by atoms with E-state index in [4.69, 9.17) is 0 Å². The fourth-order valence-electron chi connectivity index (χ4n) is 1.09. The first-order chi connectivity index (χ1) is 5.99. The fourth-order valence-corrected chi connectivity index (χ4v) is 1.49. The number of hydrogen-bond acceptors (Lipinski definition) is 4. The van der Waals surface area contributed by atoms with E-state index in [1.165, 1.54) is 0 Å².